The number of sulfonamides is 1. The summed E-state index contributed by atoms with van der Waals surface area (Å²) in [6, 6.07) is 4.47. The largest absolute Gasteiger partial charge is 0.399 e. The summed E-state index contributed by atoms with van der Waals surface area (Å²) in [4.78, 5) is 0.00974. The number of sulfone groups is 1. The molecular formula is C12H19N3O4S2. The van der Waals surface area contributed by atoms with E-state index in [1.807, 2.05) is 0 Å². The molecule has 118 valence electrons. The molecule has 0 saturated carbocycles. The molecule has 1 atom stereocenters. The number of hydrogen-bond acceptors (Lipinski definition) is 6. The van der Waals surface area contributed by atoms with Crippen molar-refractivity contribution in [3.05, 3.63) is 18.2 Å². The predicted molar refractivity (Wildman–Crippen MR) is 82.4 cm³/mol. The van der Waals surface area contributed by atoms with E-state index in [9.17, 15) is 16.8 Å². The van der Waals surface area contributed by atoms with Crippen LogP contribution < -0.4 is 15.8 Å². The van der Waals surface area contributed by atoms with E-state index in [2.05, 4.69) is 10.0 Å². The molecule has 1 fully saturated rings. The zero-order valence-electron chi connectivity index (χ0n) is 11.9. The van der Waals surface area contributed by atoms with Crippen molar-refractivity contribution in [2.45, 2.75) is 23.8 Å². The van der Waals surface area contributed by atoms with Crippen molar-refractivity contribution in [3.8, 4) is 0 Å². The summed E-state index contributed by atoms with van der Waals surface area (Å²) in [6.07, 6.45) is 0.429. The van der Waals surface area contributed by atoms with Gasteiger partial charge in [0.05, 0.1) is 17.2 Å². The minimum atomic E-state index is -3.69. The molecule has 0 bridgehead atoms. The maximum Gasteiger partial charge on any atom is 0.242 e. The average Bonchev–Trinajstić information content (AvgIpc) is 2.65. The molecule has 1 aliphatic heterocycles. The Bertz CT molecular complexity index is 759. The van der Waals surface area contributed by atoms with Crippen LogP contribution in [-0.4, -0.2) is 40.9 Å². The molecule has 0 aliphatic carbocycles. The van der Waals surface area contributed by atoms with Crippen LogP contribution in [0.3, 0.4) is 0 Å². The molecule has 0 amide bonds. The topological polar surface area (TPSA) is 118 Å². The van der Waals surface area contributed by atoms with E-state index < -0.39 is 25.4 Å². The van der Waals surface area contributed by atoms with Crippen molar-refractivity contribution in [1.29, 1.82) is 0 Å². The van der Waals surface area contributed by atoms with Crippen molar-refractivity contribution in [2.75, 3.05) is 29.6 Å². The molecule has 1 aromatic rings. The third kappa shape index (κ3) is 3.47. The van der Waals surface area contributed by atoms with Crippen LogP contribution in [0.25, 0.3) is 0 Å². The van der Waals surface area contributed by atoms with Gasteiger partial charge in [0.15, 0.2) is 9.84 Å². The maximum absolute atomic E-state index is 12.1. The van der Waals surface area contributed by atoms with Gasteiger partial charge < -0.3 is 11.1 Å². The Balaban J connectivity index is 2.42. The van der Waals surface area contributed by atoms with Crippen LogP contribution >= 0.6 is 0 Å². The minimum absolute atomic E-state index is 0.00974. The number of nitrogen functional groups attached to an aromatic ring is 1. The van der Waals surface area contributed by atoms with Crippen molar-refractivity contribution >= 4 is 31.2 Å². The molecule has 0 spiro atoms. The number of rotatable bonds is 4. The summed E-state index contributed by atoms with van der Waals surface area (Å²) in [5.74, 6) is 0.0724. The lowest BCUT2D eigenvalue weighted by molar-refractivity contribution is 0.570. The maximum atomic E-state index is 12.1. The highest BCUT2D eigenvalue weighted by Crippen LogP contribution is 2.31. The van der Waals surface area contributed by atoms with E-state index in [-0.39, 0.29) is 16.4 Å². The van der Waals surface area contributed by atoms with E-state index in [0.29, 0.717) is 17.8 Å². The summed E-state index contributed by atoms with van der Waals surface area (Å²) < 4.78 is 49.6. The highest BCUT2D eigenvalue weighted by molar-refractivity contribution is 7.91. The molecule has 1 saturated heterocycles. The third-order valence-electron chi connectivity index (χ3n) is 3.50. The van der Waals surface area contributed by atoms with Crippen LogP contribution in [-0.2, 0) is 19.9 Å². The van der Waals surface area contributed by atoms with E-state index in [4.69, 9.17) is 5.73 Å². The second-order valence-electron chi connectivity index (χ2n) is 5.49. The van der Waals surface area contributed by atoms with Crippen molar-refractivity contribution in [2.24, 2.45) is 0 Å². The van der Waals surface area contributed by atoms with Gasteiger partial charge in [-0.1, -0.05) is 0 Å². The van der Waals surface area contributed by atoms with Gasteiger partial charge >= 0.3 is 0 Å². The third-order valence-corrected chi connectivity index (χ3v) is 6.86. The fourth-order valence-corrected chi connectivity index (χ4v) is 5.42. The monoisotopic (exact) mass is 333 g/mol. The number of nitrogens with two attached hydrogens (primary N) is 1. The fourth-order valence-electron chi connectivity index (χ4n) is 2.41. The quantitative estimate of drug-likeness (QED) is 0.676. The van der Waals surface area contributed by atoms with Crippen molar-refractivity contribution in [3.63, 3.8) is 0 Å². The molecular weight excluding hydrogens is 314 g/mol. The Kier molecular flexibility index (Phi) is 3.94. The summed E-state index contributed by atoms with van der Waals surface area (Å²) in [6.45, 7) is 1.77. The van der Waals surface area contributed by atoms with Crippen LogP contribution in [0, 0.1) is 0 Å². The van der Waals surface area contributed by atoms with E-state index in [1.54, 1.807) is 19.1 Å². The van der Waals surface area contributed by atoms with Gasteiger partial charge in [-0.15, -0.1) is 0 Å². The van der Waals surface area contributed by atoms with Gasteiger partial charge in [0.1, 0.15) is 4.90 Å². The number of hydrogen-bond donors (Lipinski definition) is 3. The first-order valence-electron chi connectivity index (χ1n) is 6.39. The van der Waals surface area contributed by atoms with Crippen molar-refractivity contribution in [1.82, 2.24) is 4.72 Å². The molecule has 1 unspecified atom stereocenters. The Morgan fingerprint density at radius 2 is 2.00 bits per heavy atom. The van der Waals surface area contributed by atoms with Gasteiger partial charge in [-0.3, -0.25) is 0 Å². The molecule has 21 heavy (non-hydrogen) atoms. The molecule has 0 aromatic heterocycles. The minimum Gasteiger partial charge on any atom is -0.399 e. The Hall–Kier alpha value is -1.32. The van der Waals surface area contributed by atoms with Crippen molar-refractivity contribution < 1.29 is 16.8 Å². The van der Waals surface area contributed by atoms with Crippen LogP contribution in [0.1, 0.15) is 13.3 Å². The first kappa shape index (κ1) is 16.1. The smallest absolute Gasteiger partial charge is 0.242 e. The predicted octanol–water partition coefficient (Wildman–Crippen LogP) is 0.166. The van der Waals surface area contributed by atoms with Gasteiger partial charge in [0.25, 0.3) is 0 Å². The lowest BCUT2D eigenvalue weighted by Gasteiger charge is -2.26. The fraction of sp³-hybridized carbons (Fsp3) is 0.500. The molecule has 0 radical (unpaired) electrons. The first-order chi connectivity index (χ1) is 9.57. The highest BCUT2D eigenvalue weighted by atomic mass is 32.2. The van der Waals surface area contributed by atoms with Gasteiger partial charge in [-0.25, -0.2) is 21.6 Å². The lowest BCUT2D eigenvalue weighted by Crippen LogP contribution is -2.36. The zero-order chi connectivity index (χ0) is 15.9. The molecule has 2 rings (SSSR count). The number of anilines is 2. The molecule has 1 aliphatic rings. The Labute approximate surface area is 124 Å². The summed E-state index contributed by atoms with van der Waals surface area (Å²) in [5.41, 5.74) is 5.62. The standard InChI is InChI=1S/C12H19N3O4S2/c1-12(5-6-20(16,17)8-12)15-10-4-3-9(13)7-11(10)21(18,19)14-2/h3-4,7,14-15H,5-6,8,13H2,1-2H3. The normalized spacial score (nSPS) is 24.9. The van der Waals surface area contributed by atoms with Crippen LogP contribution in [0.4, 0.5) is 11.4 Å². The molecule has 1 heterocycles. The zero-order valence-corrected chi connectivity index (χ0v) is 13.5. The highest BCUT2D eigenvalue weighted by Gasteiger charge is 2.39. The molecule has 7 nitrogen and oxygen atoms in total. The lowest BCUT2D eigenvalue weighted by atomic mass is 10.0. The van der Waals surface area contributed by atoms with E-state index in [0.717, 1.165) is 0 Å². The molecule has 9 heteroatoms. The average molecular weight is 333 g/mol. The number of benzene rings is 1. The summed E-state index contributed by atoms with van der Waals surface area (Å²) in [5, 5.41) is 3.06. The summed E-state index contributed by atoms with van der Waals surface area (Å²) in [7, 11) is -5.47. The second kappa shape index (κ2) is 5.15. The van der Waals surface area contributed by atoms with Crippen LogP contribution in [0.5, 0.6) is 0 Å². The summed E-state index contributed by atoms with van der Waals surface area (Å²) >= 11 is 0. The molecule has 4 N–H and O–H groups in total. The van der Waals surface area contributed by atoms with Gasteiger partial charge in [0, 0.05) is 11.2 Å². The van der Waals surface area contributed by atoms with Gasteiger partial charge in [0.2, 0.25) is 10.0 Å². The van der Waals surface area contributed by atoms with Gasteiger partial charge in [-0.2, -0.15) is 0 Å². The Morgan fingerprint density at radius 1 is 1.33 bits per heavy atom. The first-order valence-corrected chi connectivity index (χ1v) is 9.69. The van der Waals surface area contributed by atoms with E-state index in [1.165, 1.54) is 13.1 Å². The van der Waals surface area contributed by atoms with Gasteiger partial charge in [-0.05, 0) is 38.6 Å². The Morgan fingerprint density at radius 3 is 2.52 bits per heavy atom. The van der Waals surface area contributed by atoms with Crippen LogP contribution in [0.15, 0.2) is 23.1 Å². The van der Waals surface area contributed by atoms with E-state index >= 15 is 0 Å². The second-order valence-corrected chi connectivity index (χ2v) is 9.53. The number of nitrogens with one attached hydrogen (secondary N) is 2. The SMILES string of the molecule is CNS(=O)(=O)c1cc(N)ccc1NC1(C)CCS(=O)(=O)C1. The molecule has 1 aromatic carbocycles. The van der Waals surface area contributed by atoms with Crippen LogP contribution in [0.2, 0.25) is 0 Å².